The van der Waals surface area contributed by atoms with Gasteiger partial charge in [-0.15, -0.1) is 11.3 Å². The van der Waals surface area contributed by atoms with Gasteiger partial charge in [0.15, 0.2) is 0 Å². The van der Waals surface area contributed by atoms with Gasteiger partial charge in [-0.25, -0.2) is 9.97 Å². The summed E-state index contributed by atoms with van der Waals surface area (Å²) in [4.78, 5) is 18.1. The van der Waals surface area contributed by atoms with Crippen LogP contribution in [-0.4, -0.2) is 35.2 Å². The molecule has 0 fully saturated rings. The van der Waals surface area contributed by atoms with Crippen molar-refractivity contribution in [3.05, 3.63) is 46.9 Å². The Morgan fingerprint density at radius 3 is 2.79 bits per heavy atom. The molecule has 0 bridgehead atoms. The summed E-state index contributed by atoms with van der Waals surface area (Å²) in [5.74, 6) is 0.989. The minimum atomic E-state index is 0.727. The summed E-state index contributed by atoms with van der Waals surface area (Å²) in [6.45, 7) is 6.61. The summed E-state index contributed by atoms with van der Waals surface area (Å²) in [6, 6.07) is 6.01. The Balaban J connectivity index is 1.98. The van der Waals surface area contributed by atoms with Crippen LogP contribution in [0.3, 0.4) is 0 Å². The van der Waals surface area contributed by atoms with Gasteiger partial charge >= 0.3 is 0 Å². The molecule has 3 heterocycles. The molecule has 0 atom stereocenters. The van der Waals surface area contributed by atoms with Crippen LogP contribution >= 0.6 is 11.3 Å². The quantitative estimate of drug-likeness (QED) is 0.612. The smallest absolute Gasteiger partial charge is 0.141 e. The topological polar surface area (TPSA) is 51.1 Å². The van der Waals surface area contributed by atoms with Gasteiger partial charge in [0, 0.05) is 31.3 Å². The monoisotopic (exact) mass is 342 g/mol. The van der Waals surface area contributed by atoms with Crippen LogP contribution in [0, 0.1) is 13.8 Å². The summed E-state index contributed by atoms with van der Waals surface area (Å²) in [5.41, 5.74) is 2.30. The van der Waals surface area contributed by atoms with E-state index in [1.807, 2.05) is 24.4 Å². The second-order valence-corrected chi connectivity index (χ2v) is 6.95. The molecule has 0 saturated carbocycles. The maximum absolute atomic E-state index is 5.22. The zero-order valence-electron chi connectivity index (χ0n) is 14.3. The third-order valence-electron chi connectivity index (χ3n) is 4.10. The molecule has 0 aliphatic carbocycles. The van der Waals surface area contributed by atoms with Gasteiger partial charge in [-0.1, -0.05) is 6.07 Å². The molecule has 0 N–H and O–H groups in total. The fourth-order valence-corrected chi connectivity index (χ4v) is 3.74. The lowest BCUT2D eigenvalue weighted by molar-refractivity contribution is 0.196. The van der Waals surface area contributed by atoms with E-state index in [-0.39, 0.29) is 0 Å². The molecule has 24 heavy (non-hydrogen) atoms. The number of aryl methyl sites for hydroxylation is 2. The Kier molecular flexibility index (Phi) is 5.37. The lowest BCUT2D eigenvalue weighted by atomic mass is 10.2. The van der Waals surface area contributed by atoms with E-state index in [1.165, 1.54) is 10.4 Å². The van der Waals surface area contributed by atoms with Crippen LogP contribution in [0.15, 0.2) is 30.7 Å². The number of pyridine rings is 1. The largest absolute Gasteiger partial charge is 0.385 e. The molecule has 0 spiro atoms. The fourth-order valence-electron chi connectivity index (χ4n) is 2.75. The molecule has 0 amide bonds. The highest BCUT2D eigenvalue weighted by molar-refractivity contribution is 7.18. The SMILES string of the molecule is COCCCN(Cc1ccccn1)c1ncnc2sc(C)c(C)c12. The van der Waals surface area contributed by atoms with Crippen LogP contribution in [0.5, 0.6) is 0 Å². The molecular weight excluding hydrogens is 320 g/mol. The summed E-state index contributed by atoms with van der Waals surface area (Å²) in [6.07, 6.45) is 4.43. The van der Waals surface area contributed by atoms with Crippen molar-refractivity contribution in [3.63, 3.8) is 0 Å². The Labute approximate surface area is 146 Å². The predicted octanol–water partition coefficient (Wildman–Crippen LogP) is 3.75. The van der Waals surface area contributed by atoms with Gasteiger partial charge in [-0.05, 0) is 38.0 Å². The standard InChI is InChI=1S/C18H22N4OS/c1-13-14(2)24-18-16(13)17(20-12-21-18)22(9-6-10-23-3)11-15-7-4-5-8-19-15/h4-5,7-8,12H,6,9-11H2,1-3H3. The lowest BCUT2D eigenvalue weighted by Crippen LogP contribution is -2.26. The summed E-state index contributed by atoms with van der Waals surface area (Å²) >= 11 is 1.73. The van der Waals surface area contributed by atoms with E-state index < -0.39 is 0 Å². The third kappa shape index (κ3) is 3.55. The van der Waals surface area contributed by atoms with Crippen molar-refractivity contribution in [3.8, 4) is 0 Å². The molecule has 5 nitrogen and oxygen atoms in total. The van der Waals surface area contributed by atoms with Crippen LogP contribution in [0.1, 0.15) is 22.6 Å². The van der Waals surface area contributed by atoms with Gasteiger partial charge in [-0.3, -0.25) is 4.98 Å². The van der Waals surface area contributed by atoms with E-state index in [9.17, 15) is 0 Å². The van der Waals surface area contributed by atoms with Crippen molar-refractivity contribution in [1.29, 1.82) is 0 Å². The minimum Gasteiger partial charge on any atom is -0.385 e. The molecule has 6 heteroatoms. The predicted molar refractivity (Wildman–Crippen MR) is 98.7 cm³/mol. The number of aromatic nitrogens is 3. The first kappa shape index (κ1) is 16.8. The average Bonchev–Trinajstić information content (AvgIpc) is 2.90. The number of nitrogens with zero attached hydrogens (tertiary/aromatic N) is 4. The summed E-state index contributed by atoms with van der Waals surface area (Å²) in [5, 5.41) is 1.16. The molecule has 3 aromatic heterocycles. The van der Waals surface area contributed by atoms with Crippen LogP contribution in [0.2, 0.25) is 0 Å². The Morgan fingerprint density at radius 1 is 1.17 bits per heavy atom. The molecule has 0 aromatic carbocycles. The van der Waals surface area contributed by atoms with Crippen molar-refractivity contribution in [1.82, 2.24) is 15.0 Å². The Morgan fingerprint density at radius 2 is 2.04 bits per heavy atom. The maximum atomic E-state index is 5.22. The van der Waals surface area contributed by atoms with E-state index in [1.54, 1.807) is 24.8 Å². The summed E-state index contributed by atoms with van der Waals surface area (Å²) in [7, 11) is 1.73. The molecule has 0 saturated heterocycles. The van der Waals surface area contributed by atoms with Crippen molar-refractivity contribution in [2.45, 2.75) is 26.8 Å². The van der Waals surface area contributed by atoms with E-state index >= 15 is 0 Å². The molecule has 126 valence electrons. The number of thiophene rings is 1. The second kappa shape index (κ2) is 7.68. The number of anilines is 1. The van der Waals surface area contributed by atoms with Gasteiger partial charge in [-0.2, -0.15) is 0 Å². The minimum absolute atomic E-state index is 0.727. The van der Waals surface area contributed by atoms with Crippen LogP contribution in [-0.2, 0) is 11.3 Å². The fraction of sp³-hybridized carbons (Fsp3) is 0.389. The number of hydrogen-bond donors (Lipinski definition) is 0. The Bertz CT molecular complexity index is 803. The average molecular weight is 342 g/mol. The number of ether oxygens (including phenoxy) is 1. The Hall–Kier alpha value is -2.05. The van der Waals surface area contributed by atoms with Gasteiger partial charge < -0.3 is 9.64 Å². The molecule has 0 aliphatic heterocycles. The lowest BCUT2D eigenvalue weighted by Gasteiger charge is -2.24. The van der Waals surface area contributed by atoms with E-state index in [2.05, 4.69) is 33.7 Å². The third-order valence-corrected chi connectivity index (χ3v) is 5.22. The molecule has 3 aromatic rings. The highest BCUT2D eigenvalue weighted by Crippen LogP contribution is 2.34. The van der Waals surface area contributed by atoms with Crippen molar-refractivity contribution in [2.75, 3.05) is 25.2 Å². The molecule has 0 radical (unpaired) electrons. The number of rotatable bonds is 7. The maximum Gasteiger partial charge on any atom is 0.141 e. The molecule has 0 unspecified atom stereocenters. The first-order valence-corrected chi connectivity index (χ1v) is 8.87. The van der Waals surface area contributed by atoms with Crippen LogP contribution < -0.4 is 4.90 Å². The first-order chi connectivity index (χ1) is 11.7. The van der Waals surface area contributed by atoms with Crippen molar-refractivity contribution < 1.29 is 4.74 Å². The number of fused-ring (bicyclic) bond motifs is 1. The number of hydrogen-bond acceptors (Lipinski definition) is 6. The van der Waals surface area contributed by atoms with Crippen LogP contribution in [0.25, 0.3) is 10.2 Å². The van der Waals surface area contributed by atoms with Gasteiger partial charge in [0.05, 0.1) is 17.6 Å². The van der Waals surface area contributed by atoms with Crippen molar-refractivity contribution >= 4 is 27.4 Å². The second-order valence-electron chi connectivity index (χ2n) is 5.75. The first-order valence-electron chi connectivity index (χ1n) is 8.05. The van der Waals surface area contributed by atoms with Crippen LogP contribution in [0.4, 0.5) is 5.82 Å². The van der Waals surface area contributed by atoms with Gasteiger partial charge in [0.1, 0.15) is 17.0 Å². The highest BCUT2D eigenvalue weighted by atomic mass is 32.1. The van der Waals surface area contributed by atoms with E-state index in [4.69, 9.17) is 4.74 Å². The summed E-state index contributed by atoms with van der Waals surface area (Å²) < 4.78 is 5.22. The molecule has 3 rings (SSSR count). The molecular formula is C18H22N4OS. The molecule has 0 aliphatic rings. The zero-order valence-corrected chi connectivity index (χ0v) is 15.1. The van der Waals surface area contributed by atoms with E-state index in [0.717, 1.165) is 47.8 Å². The van der Waals surface area contributed by atoms with Gasteiger partial charge in [0.2, 0.25) is 0 Å². The highest BCUT2D eigenvalue weighted by Gasteiger charge is 2.17. The number of methoxy groups -OCH3 is 1. The van der Waals surface area contributed by atoms with Gasteiger partial charge in [0.25, 0.3) is 0 Å². The normalized spacial score (nSPS) is 11.1. The zero-order chi connectivity index (χ0) is 16.9. The van der Waals surface area contributed by atoms with Crippen molar-refractivity contribution in [2.24, 2.45) is 0 Å². The van der Waals surface area contributed by atoms with E-state index in [0.29, 0.717) is 0 Å².